The van der Waals surface area contributed by atoms with E-state index in [1.54, 1.807) is 0 Å². The van der Waals surface area contributed by atoms with E-state index < -0.39 is 22.1 Å². The van der Waals surface area contributed by atoms with E-state index in [9.17, 15) is 13.2 Å². The lowest BCUT2D eigenvalue weighted by molar-refractivity contribution is 0.0697. The summed E-state index contributed by atoms with van der Waals surface area (Å²) < 4.78 is 31.8. The van der Waals surface area contributed by atoms with Gasteiger partial charge in [0.15, 0.2) is 0 Å². The highest BCUT2D eigenvalue weighted by Crippen LogP contribution is 2.21. The van der Waals surface area contributed by atoms with Gasteiger partial charge >= 0.3 is 5.97 Å². The highest BCUT2D eigenvalue weighted by molar-refractivity contribution is 9.10. The number of nitrogens with one attached hydrogen (secondary N) is 1. The zero-order valence-electron chi connectivity index (χ0n) is 11.1. The standard InChI is InChI=1S/C12H16BrNO5S/c1-3-11(19-2)7-20(17,18)14-10-5-8(12(15)16)4-9(13)6-10/h4-6,11,14H,3,7H2,1-2H3,(H,15,16). The Morgan fingerprint density at radius 2 is 2.10 bits per heavy atom. The van der Waals surface area contributed by atoms with Crippen LogP contribution >= 0.6 is 15.9 Å². The van der Waals surface area contributed by atoms with Crippen LogP contribution in [0.15, 0.2) is 22.7 Å². The second kappa shape index (κ2) is 7.05. The number of rotatable bonds is 7. The molecule has 0 aliphatic carbocycles. The van der Waals surface area contributed by atoms with E-state index >= 15 is 0 Å². The normalized spacial score (nSPS) is 12.9. The number of sulfonamides is 1. The summed E-state index contributed by atoms with van der Waals surface area (Å²) in [4.78, 5) is 10.9. The van der Waals surface area contributed by atoms with Gasteiger partial charge in [-0.2, -0.15) is 0 Å². The second-order valence-corrected chi connectivity index (χ2v) is 6.87. The maximum atomic E-state index is 12.0. The first-order chi connectivity index (χ1) is 9.27. The van der Waals surface area contributed by atoms with E-state index in [0.717, 1.165) is 0 Å². The lowest BCUT2D eigenvalue weighted by Gasteiger charge is -2.15. The van der Waals surface area contributed by atoms with Gasteiger partial charge in [0.05, 0.1) is 23.1 Å². The van der Waals surface area contributed by atoms with Gasteiger partial charge < -0.3 is 9.84 Å². The van der Waals surface area contributed by atoms with Crippen molar-refractivity contribution in [2.75, 3.05) is 17.6 Å². The van der Waals surface area contributed by atoms with E-state index in [-0.39, 0.29) is 17.0 Å². The smallest absolute Gasteiger partial charge is 0.335 e. The maximum Gasteiger partial charge on any atom is 0.335 e. The molecule has 6 nitrogen and oxygen atoms in total. The Bertz CT molecular complexity index is 584. The van der Waals surface area contributed by atoms with Gasteiger partial charge in [-0.1, -0.05) is 22.9 Å². The number of carboxylic acids is 1. The summed E-state index contributed by atoms with van der Waals surface area (Å²) in [7, 11) is -2.16. The quantitative estimate of drug-likeness (QED) is 0.773. The molecule has 2 N–H and O–H groups in total. The molecule has 20 heavy (non-hydrogen) atoms. The average Bonchev–Trinajstić information content (AvgIpc) is 2.34. The van der Waals surface area contributed by atoms with Crippen molar-refractivity contribution in [3.63, 3.8) is 0 Å². The highest BCUT2D eigenvalue weighted by Gasteiger charge is 2.18. The van der Waals surface area contributed by atoms with Crippen molar-refractivity contribution in [1.29, 1.82) is 0 Å². The lowest BCUT2D eigenvalue weighted by atomic mass is 10.2. The molecule has 0 saturated heterocycles. The third-order valence-electron chi connectivity index (χ3n) is 2.61. The molecule has 1 unspecified atom stereocenters. The van der Waals surface area contributed by atoms with Gasteiger partial charge in [0.2, 0.25) is 10.0 Å². The Morgan fingerprint density at radius 1 is 1.45 bits per heavy atom. The number of carboxylic acid groups (broad SMARTS) is 1. The summed E-state index contributed by atoms with van der Waals surface area (Å²) in [6.07, 6.45) is 0.162. The molecular weight excluding hydrogens is 350 g/mol. The van der Waals surface area contributed by atoms with Crippen LogP contribution in [0, 0.1) is 0 Å². The Hall–Kier alpha value is -1.12. The third-order valence-corrected chi connectivity index (χ3v) is 4.43. The average molecular weight is 366 g/mol. The van der Waals surface area contributed by atoms with Crippen LogP contribution in [-0.4, -0.2) is 38.5 Å². The molecule has 0 saturated carbocycles. The van der Waals surface area contributed by atoms with Gasteiger partial charge in [0, 0.05) is 11.6 Å². The molecule has 1 aromatic rings. The van der Waals surface area contributed by atoms with Crippen LogP contribution in [-0.2, 0) is 14.8 Å². The predicted molar refractivity (Wildman–Crippen MR) is 79.6 cm³/mol. The minimum Gasteiger partial charge on any atom is -0.478 e. The number of benzene rings is 1. The molecule has 0 bridgehead atoms. The first-order valence-corrected chi connectivity index (χ1v) is 8.29. The van der Waals surface area contributed by atoms with Crippen LogP contribution in [0.4, 0.5) is 5.69 Å². The summed E-state index contributed by atoms with van der Waals surface area (Å²) >= 11 is 3.14. The van der Waals surface area contributed by atoms with Crippen molar-refractivity contribution < 1.29 is 23.1 Å². The fourth-order valence-corrected chi connectivity index (χ4v) is 3.51. The maximum absolute atomic E-state index is 12.0. The topological polar surface area (TPSA) is 92.7 Å². The van der Waals surface area contributed by atoms with Crippen LogP contribution in [0.25, 0.3) is 0 Å². The zero-order valence-corrected chi connectivity index (χ0v) is 13.5. The van der Waals surface area contributed by atoms with Crippen molar-refractivity contribution in [2.24, 2.45) is 0 Å². The monoisotopic (exact) mass is 365 g/mol. The van der Waals surface area contributed by atoms with Gasteiger partial charge in [0.1, 0.15) is 0 Å². The number of methoxy groups -OCH3 is 1. The molecule has 0 aliphatic heterocycles. The van der Waals surface area contributed by atoms with Crippen molar-refractivity contribution in [2.45, 2.75) is 19.4 Å². The Balaban J connectivity index is 2.95. The molecule has 0 aromatic heterocycles. The van der Waals surface area contributed by atoms with Gasteiger partial charge in [-0.25, -0.2) is 13.2 Å². The number of halogens is 1. The van der Waals surface area contributed by atoms with Gasteiger partial charge in [-0.15, -0.1) is 0 Å². The van der Waals surface area contributed by atoms with E-state index in [2.05, 4.69) is 20.7 Å². The molecule has 0 amide bonds. The molecule has 8 heteroatoms. The summed E-state index contributed by atoms with van der Waals surface area (Å²) in [5.74, 6) is -1.32. The van der Waals surface area contributed by atoms with E-state index in [1.807, 2.05) is 6.92 Å². The number of ether oxygens (including phenoxy) is 1. The van der Waals surface area contributed by atoms with E-state index in [0.29, 0.717) is 10.9 Å². The summed E-state index contributed by atoms with van der Waals surface area (Å²) in [5.41, 5.74) is 0.193. The van der Waals surface area contributed by atoms with Crippen LogP contribution in [0.5, 0.6) is 0 Å². The number of hydrogen-bond acceptors (Lipinski definition) is 4. The zero-order chi connectivity index (χ0) is 15.3. The SMILES string of the molecule is CCC(CS(=O)(=O)Nc1cc(Br)cc(C(=O)O)c1)OC. The second-order valence-electron chi connectivity index (χ2n) is 4.18. The van der Waals surface area contributed by atoms with Crippen molar-refractivity contribution >= 4 is 37.6 Å². The summed E-state index contributed by atoms with van der Waals surface area (Å²) in [6.45, 7) is 1.82. The number of carbonyl (C=O) groups is 1. The van der Waals surface area contributed by atoms with Gasteiger partial charge in [-0.05, 0) is 24.6 Å². The van der Waals surface area contributed by atoms with Crippen molar-refractivity contribution in [3.05, 3.63) is 28.2 Å². The molecule has 0 radical (unpaired) electrons. The van der Waals surface area contributed by atoms with E-state index in [4.69, 9.17) is 9.84 Å². The molecule has 0 spiro atoms. The minimum atomic E-state index is -3.61. The number of aromatic carboxylic acids is 1. The van der Waals surface area contributed by atoms with Gasteiger partial charge in [-0.3, -0.25) is 4.72 Å². The fourth-order valence-electron chi connectivity index (χ4n) is 1.59. The molecule has 112 valence electrons. The molecule has 1 aromatic carbocycles. The predicted octanol–water partition coefficient (Wildman–Crippen LogP) is 2.31. The van der Waals surface area contributed by atoms with Crippen molar-refractivity contribution in [3.8, 4) is 0 Å². The minimum absolute atomic E-state index is 0.00384. The summed E-state index contributed by atoms with van der Waals surface area (Å²) in [5, 5.41) is 8.94. The lowest BCUT2D eigenvalue weighted by Crippen LogP contribution is -2.27. The number of anilines is 1. The van der Waals surface area contributed by atoms with Crippen molar-refractivity contribution in [1.82, 2.24) is 0 Å². The summed E-state index contributed by atoms with van der Waals surface area (Å²) in [6, 6.07) is 4.15. The number of hydrogen-bond donors (Lipinski definition) is 2. The molecule has 0 aliphatic rings. The molecule has 0 fully saturated rings. The molecular formula is C12H16BrNO5S. The Kier molecular flexibility index (Phi) is 5.97. The first kappa shape index (κ1) is 16.9. The van der Waals surface area contributed by atoms with Crippen LogP contribution in [0.2, 0.25) is 0 Å². The van der Waals surface area contributed by atoms with Crippen LogP contribution in [0.1, 0.15) is 23.7 Å². The van der Waals surface area contributed by atoms with Crippen LogP contribution in [0.3, 0.4) is 0 Å². The largest absolute Gasteiger partial charge is 0.478 e. The third kappa shape index (κ3) is 5.10. The molecule has 1 atom stereocenters. The van der Waals surface area contributed by atoms with Gasteiger partial charge in [0.25, 0.3) is 0 Å². The Labute approximate surface area is 126 Å². The molecule has 1 rings (SSSR count). The van der Waals surface area contributed by atoms with Crippen LogP contribution < -0.4 is 4.72 Å². The highest BCUT2D eigenvalue weighted by atomic mass is 79.9. The van der Waals surface area contributed by atoms with E-state index in [1.165, 1.54) is 25.3 Å². The fraction of sp³-hybridized carbons (Fsp3) is 0.417. The Morgan fingerprint density at radius 3 is 2.60 bits per heavy atom. The molecule has 0 heterocycles. The first-order valence-electron chi connectivity index (χ1n) is 5.84.